The predicted molar refractivity (Wildman–Crippen MR) is 233 cm³/mol. The number of rotatable bonds is 7. The fourth-order valence-corrected chi connectivity index (χ4v) is 10.5. The molecular weight excluding hydrogens is 711 g/mol. The van der Waals surface area contributed by atoms with Crippen LogP contribution in [0.1, 0.15) is 25.3 Å². The van der Waals surface area contributed by atoms with Crippen LogP contribution in [0.5, 0.6) is 0 Å². The van der Waals surface area contributed by atoms with Crippen molar-refractivity contribution in [2.45, 2.75) is 26.2 Å². The standard InChI is InChI=1S/C49H33N3OS2/c1-2-3-12-29-21-23-33-34-24-22-31(28-43(34)54-42(33)27-29)48-50-47(30-13-5-4-6-14-30)51-49(52-48)39-26-25-35(45-44(39)38-16-7-9-19-40(38)53-45)37-18-11-17-36-32-15-8-10-20-41(32)55-46(36)37/h4-11,13-28H,2-3,12H2,1H3. The van der Waals surface area contributed by atoms with Crippen molar-refractivity contribution in [3.05, 3.63) is 151 Å². The third kappa shape index (κ3) is 5.36. The lowest BCUT2D eigenvalue weighted by Gasteiger charge is -2.11. The van der Waals surface area contributed by atoms with Gasteiger partial charge >= 0.3 is 0 Å². The van der Waals surface area contributed by atoms with Crippen LogP contribution >= 0.6 is 22.7 Å². The molecule has 0 amide bonds. The molecule has 0 spiro atoms. The number of hydrogen-bond acceptors (Lipinski definition) is 6. The summed E-state index contributed by atoms with van der Waals surface area (Å²) in [4.78, 5) is 15.6. The van der Waals surface area contributed by atoms with Crippen LogP contribution in [0.15, 0.2) is 150 Å². The number of thiophene rings is 2. The molecule has 4 heterocycles. The van der Waals surface area contributed by atoms with Gasteiger partial charge < -0.3 is 4.42 Å². The van der Waals surface area contributed by atoms with Crippen molar-refractivity contribution in [2.24, 2.45) is 0 Å². The Labute approximate surface area is 325 Å². The van der Waals surface area contributed by atoms with Crippen LogP contribution in [0.25, 0.3) is 108 Å². The molecule has 0 bridgehead atoms. The van der Waals surface area contributed by atoms with Crippen LogP contribution in [0.2, 0.25) is 0 Å². The van der Waals surface area contributed by atoms with Gasteiger partial charge in [-0.05, 0) is 54.8 Å². The van der Waals surface area contributed by atoms with Crippen molar-refractivity contribution < 1.29 is 4.42 Å². The van der Waals surface area contributed by atoms with Crippen LogP contribution < -0.4 is 0 Å². The van der Waals surface area contributed by atoms with Crippen molar-refractivity contribution >= 4 is 85.0 Å². The molecule has 11 aromatic rings. The van der Waals surface area contributed by atoms with Crippen molar-refractivity contribution in [1.29, 1.82) is 0 Å². The van der Waals surface area contributed by atoms with Gasteiger partial charge in [0.2, 0.25) is 0 Å². The first-order chi connectivity index (χ1) is 27.2. The van der Waals surface area contributed by atoms with Crippen molar-refractivity contribution in [3.63, 3.8) is 0 Å². The van der Waals surface area contributed by atoms with E-state index < -0.39 is 0 Å². The summed E-state index contributed by atoms with van der Waals surface area (Å²) in [5.41, 5.74) is 8.10. The van der Waals surface area contributed by atoms with Crippen LogP contribution in [-0.4, -0.2) is 15.0 Å². The molecule has 0 aliphatic rings. The fraction of sp³-hybridized carbons (Fsp3) is 0.0816. The number of para-hydroxylation sites is 1. The molecule has 0 N–H and O–H groups in total. The SMILES string of the molecule is CCCCc1ccc2c(c1)sc1cc(-c3nc(-c4ccccc4)nc(-c4ccc(-c5cccc6c5sc5ccccc56)c5oc6ccccc6c45)n3)ccc12. The normalized spacial score (nSPS) is 11.9. The van der Waals surface area contributed by atoms with Gasteiger partial charge in [0.05, 0.1) is 0 Å². The minimum atomic E-state index is 0.615. The first-order valence-electron chi connectivity index (χ1n) is 18.8. The minimum Gasteiger partial charge on any atom is -0.455 e. The van der Waals surface area contributed by atoms with E-state index in [4.69, 9.17) is 19.4 Å². The van der Waals surface area contributed by atoms with Gasteiger partial charge in [-0.2, -0.15) is 0 Å². The van der Waals surface area contributed by atoms with E-state index in [1.54, 1.807) is 0 Å². The average Bonchev–Trinajstić information content (AvgIpc) is 3.94. The average molecular weight is 744 g/mol. The molecule has 11 rings (SSSR count). The highest BCUT2D eigenvalue weighted by atomic mass is 32.1. The second-order valence-electron chi connectivity index (χ2n) is 14.2. The maximum absolute atomic E-state index is 6.79. The van der Waals surface area contributed by atoms with Crippen LogP contribution in [-0.2, 0) is 6.42 Å². The second-order valence-corrected chi connectivity index (χ2v) is 16.3. The highest BCUT2D eigenvalue weighted by Gasteiger charge is 2.22. The van der Waals surface area contributed by atoms with E-state index in [2.05, 4.69) is 122 Å². The molecule has 0 saturated heterocycles. The van der Waals surface area contributed by atoms with Gasteiger partial charge in [-0.25, -0.2) is 15.0 Å². The lowest BCUT2D eigenvalue weighted by atomic mass is 9.97. The Morgan fingerprint density at radius 2 is 1.18 bits per heavy atom. The molecule has 6 heteroatoms. The first kappa shape index (κ1) is 32.2. The Balaban J connectivity index is 1.12. The quantitative estimate of drug-likeness (QED) is 0.163. The summed E-state index contributed by atoms with van der Waals surface area (Å²) in [7, 11) is 0. The molecule has 7 aromatic carbocycles. The number of nitrogens with zero attached hydrogens (tertiary/aromatic N) is 3. The van der Waals surface area contributed by atoms with E-state index in [0.717, 1.165) is 56.2 Å². The minimum absolute atomic E-state index is 0.615. The van der Waals surface area contributed by atoms with Crippen molar-refractivity contribution in [1.82, 2.24) is 15.0 Å². The smallest absolute Gasteiger partial charge is 0.164 e. The monoisotopic (exact) mass is 743 g/mol. The summed E-state index contributed by atoms with van der Waals surface area (Å²) in [6.45, 7) is 2.25. The number of aryl methyl sites for hydroxylation is 1. The number of fused-ring (bicyclic) bond motifs is 9. The summed E-state index contributed by atoms with van der Waals surface area (Å²) >= 11 is 3.67. The van der Waals surface area contributed by atoms with Gasteiger partial charge in [-0.1, -0.05) is 123 Å². The van der Waals surface area contributed by atoms with Gasteiger partial charge in [0.25, 0.3) is 0 Å². The zero-order valence-corrected chi connectivity index (χ0v) is 31.7. The Hall–Kier alpha value is -6.21. The fourth-order valence-electron chi connectivity index (χ4n) is 8.02. The maximum atomic E-state index is 6.79. The molecule has 0 saturated carbocycles. The molecule has 0 aliphatic carbocycles. The summed E-state index contributed by atoms with van der Waals surface area (Å²) in [5, 5.41) is 7.13. The number of benzene rings is 7. The predicted octanol–water partition coefficient (Wildman–Crippen LogP) is 14.5. The van der Waals surface area contributed by atoms with Crippen LogP contribution in [0.4, 0.5) is 0 Å². The largest absolute Gasteiger partial charge is 0.455 e. The number of unbranched alkanes of at least 4 members (excludes halogenated alkanes) is 1. The first-order valence-corrected chi connectivity index (χ1v) is 20.5. The Morgan fingerprint density at radius 3 is 2.05 bits per heavy atom. The lowest BCUT2D eigenvalue weighted by molar-refractivity contribution is 0.670. The molecular formula is C49H33N3OS2. The third-order valence-corrected chi connectivity index (χ3v) is 13.1. The van der Waals surface area contributed by atoms with E-state index in [-0.39, 0.29) is 0 Å². The van der Waals surface area contributed by atoms with Gasteiger partial charge in [-0.15, -0.1) is 22.7 Å². The molecule has 4 nitrogen and oxygen atoms in total. The topological polar surface area (TPSA) is 51.8 Å². The number of aromatic nitrogens is 3. The van der Waals surface area contributed by atoms with E-state index in [1.165, 1.54) is 58.7 Å². The maximum Gasteiger partial charge on any atom is 0.164 e. The molecule has 0 radical (unpaired) electrons. The summed E-state index contributed by atoms with van der Waals surface area (Å²) in [6, 6.07) is 51.7. The molecule has 0 aliphatic heterocycles. The molecule has 0 atom stereocenters. The molecule has 0 unspecified atom stereocenters. The third-order valence-electron chi connectivity index (χ3n) is 10.7. The zero-order chi connectivity index (χ0) is 36.5. The summed E-state index contributed by atoms with van der Waals surface area (Å²) in [5.74, 6) is 1.90. The van der Waals surface area contributed by atoms with E-state index in [9.17, 15) is 0 Å². The summed E-state index contributed by atoms with van der Waals surface area (Å²) in [6.07, 6.45) is 3.52. The molecule has 4 aromatic heterocycles. The lowest BCUT2D eigenvalue weighted by Crippen LogP contribution is -2.00. The van der Waals surface area contributed by atoms with Gasteiger partial charge in [0, 0.05) is 78.9 Å². The number of hydrogen-bond donors (Lipinski definition) is 0. The van der Waals surface area contributed by atoms with Crippen LogP contribution in [0.3, 0.4) is 0 Å². The molecule has 0 fully saturated rings. The number of furan rings is 1. The van der Waals surface area contributed by atoms with Gasteiger partial charge in [0.1, 0.15) is 11.2 Å². The Kier molecular flexibility index (Phi) is 7.61. The van der Waals surface area contributed by atoms with Gasteiger partial charge in [-0.3, -0.25) is 0 Å². The highest BCUT2D eigenvalue weighted by Crippen LogP contribution is 2.46. The molecule has 55 heavy (non-hydrogen) atoms. The van der Waals surface area contributed by atoms with E-state index >= 15 is 0 Å². The Morgan fingerprint density at radius 1 is 0.491 bits per heavy atom. The zero-order valence-electron chi connectivity index (χ0n) is 30.0. The Bertz CT molecular complexity index is 3260. The second kappa shape index (κ2) is 13.0. The van der Waals surface area contributed by atoms with Crippen molar-refractivity contribution in [3.8, 4) is 45.3 Å². The van der Waals surface area contributed by atoms with Crippen LogP contribution in [0, 0.1) is 0 Å². The van der Waals surface area contributed by atoms with E-state index in [1.807, 2.05) is 53.0 Å². The summed E-state index contributed by atoms with van der Waals surface area (Å²) < 4.78 is 11.9. The highest BCUT2D eigenvalue weighted by molar-refractivity contribution is 7.26. The van der Waals surface area contributed by atoms with Gasteiger partial charge in [0.15, 0.2) is 17.5 Å². The molecule has 262 valence electrons. The van der Waals surface area contributed by atoms with E-state index in [0.29, 0.717) is 17.5 Å². The van der Waals surface area contributed by atoms with Crippen molar-refractivity contribution in [2.75, 3.05) is 0 Å².